The van der Waals surface area contributed by atoms with E-state index in [-0.39, 0.29) is 63.4 Å². The summed E-state index contributed by atoms with van der Waals surface area (Å²) in [6.07, 6.45) is -15.6. The second-order valence-corrected chi connectivity index (χ2v) is 2.36. The Kier molecular flexibility index (Phi) is 29.3. The fraction of sp³-hybridized carbons (Fsp3) is 0.500. The normalized spacial score (nSPS) is 9.48. The molecule has 0 bridgehead atoms. The smallest absolute Gasteiger partial charge is 0.542 e. The van der Waals surface area contributed by atoms with E-state index in [0.717, 1.165) is 0 Å². The molecule has 0 saturated heterocycles. The molecule has 0 fully saturated rings. The number of aliphatic carboxylic acids is 3. The number of hydrogen-bond donors (Lipinski definition) is 0. The third-order valence-electron chi connectivity index (χ3n) is 0.694. The van der Waals surface area contributed by atoms with E-state index in [1.54, 1.807) is 0 Å². The molecule has 0 saturated carbocycles. The van der Waals surface area contributed by atoms with Crippen molar-refractivity contribution in [3.8, 4) is 0 Å². The molecule has 1 radical (unpaired) electrons. The maximum atomic E-state index is 10.5. The molecule has 0 aromatic rings. The summed E-state index contributed by atoms with van der Waals surface area (Å²) in [5.74, 6) is -9.02. The first kappa shape index (κ1) is 44.0. The van der Waals surface area contributed by atoms with Crippen LogP contribution in [0, 0.1) is 46.9 Å². The van der Waals surface area contributed by atoms with Gasteiger partial charge in [-0.05, 0) is 0 Å². The molecule has 25 heavy (non-hydrogen) atoms. The maximum Gasteiger partial charge on any atom is 3.00 e. The Morgan fingerprint density at radius 2 is 0.520 bits per heavy atom. The Bertz CT molecular complexity index is 318. The van der Waals surface area contributed by atoms with Gasteiger partial charge in [0.05, 0.1) is 0 Å². The molecule has 9 nitrogen and oxygen atoms in total. The summed E-state index contributed by atoms with van der Waals surface area (Å²) in [5, 5.41) is 26.4. The van der Waals surface area contributed by atoms with Crippen LogP contribution in [-0.4, -0.2) is 52.9 Å². The molecule has 6 N–H and O–H groups in total. The zero-order valence-corrected chi connectivity index (χ0v) is 12.3. The van der Waals surface area contributed by atoms with Crippen molar-refractivity contribution in [1.82, 2.24) is 0 Å². The average molecular weight is 566 g/mol. The molecule has 0 unspecified atom stereocenters. The molecule has 0 heterocycles. The van der Waals surface area contributed by atoms with Gasteiger partial charge < -0.3 is 46.1 Å². The van der Waals surface area contributed by atoms with Crippen LogP contribution in [0.4, 0.5) is 39.5 Å². The summed E-state index contributed by atoms with van der Waals surface area (Å²) in [7, 11) is 0. The van der Waals surface area contributed by atoms with E-state index in [9.17, 15) is 39.5 Å². The van der Waals surface area contributed by atoms with Gasteiger partial charge in [-0.3, -0.25) is 0 Å². The fourth-order valence-corrected chi connectivity index (χ4v) is 0. The van der Waals surface area contributed by atoms with Crippen molar-refractivity contribution in [3.63, 3.8) is 0 Å². The third kappa shape index (κ3) is 35.2. The van der Waals surface area contributed by atoms with Gasteiger partial charge in [0, 0.05) is 0 Å². The molecule has 0 amide bonds. The first-order valence-corrected chi connectivity index (χ1v) is 3.68. The van der Waals surface area contributed by atoms with Crippen LogP contribution in [0.25, 0.3) is 0 Å². The van der Waals surface area contributed by atoms with Crippen molar-refractivity contribution in [2.75, 3.05) is 0 Å². The van der Waals surface area contributed by atoms with Gasteiger partial charge >= 0.3 is 65.5 Å². The van der Waals surface area contributed by atoms with Crippen LogP contribution >= 0.6 is 0 Å². The standard InChI is InChI=1S/3C2HF3O2.3H2O.Yb/c3*3-2(4,5)1(6)7;;;;/h3*(H,6,7);3*1H2;/q;;;;;;+3/p-3. The van der Waals surface area contributed by atoms with E-state index >= 15 is 0 Å². The van der Waals surface area contributed by atoms with Crippen LogP contribution < -0.4 is 15.3 Å². The topological polar surface area (TPSA) is 215 Å². The van der Waals surface area contributed by atoms with E-state index in [4.69, 9.17) is 29.7 Å². The first-order valence-electron chi connectivity index (χ1n) is 3.68. The van der Waals surface area contributed by atoms with Gasteiger partial charge in [-0.15, -0.1) is 0 Å². The molecular formula is C6H6F9O9Yb. The Morgan fingerprint density at radius 1 is 0.480 bits per heavy atom. The summed E-state index contributed by atoms with van der Waals surface area (Å²) >= 11 is 0. The first-order chi connectivity index (χ1) is 8.83. The Labute approximate surface area is 168 Å². The minimum absolute atomic E-state index is 0. The van der Waals surface area contributed by atoms with Crippen LogP contribution in [0.3, 0.4) is 0 Å². The number of halogens is 9. The van der Waals surface area contributed by atoms with Crippen molar-refractivity contribution in [2.45, 2.75) is 18.5 Å². The summed E-state index contributed by atoms with van der Waals surface area (Å²) < 4.78 is 94.6. The molecule has 0 aromatic carbocycles. The van der Waals surface area contributed by atoms with Crippen molar-refractivity contribution in [2.24, 2.45) is 0 Å². The van der Waals surface area contributed by atoms with Crippen LogP contribution in [0.15, 0.2) is 0 Å². The van der Waals surface area contributed by atoms with Crippen LogP contribution in [0.2, 0.25) is 0 Å². The summed E-state index contributed by atoms with van der Waals surface area (Å²) in [6.45, 7) is 0. The van der Waals surface area contributed by atoms with Crippen LogP contribution in [0.5, 0.6) is 0 Å². The number of carbonyl (C=O) groups is 3. The Morgan fingerprint density at radius 3 is 0.520 bits per heavy atom. The third-order valence-corrected chi connectivity index (χ3v) is 0.694. The molecule has 19 heteroatoms. The minimum Gasteiger partial charge on any atom is -0.542 e. The van der Waals surface area contributed by atoms with Crippen molar-refractivity contribution in [1.29, 1.82) is 0 Å². The molecule has 0 aliphatic carbocycles. The number of alkyl halides is 9. The minimum atomic E-state index is -5.19. The van der Waals surface area contributed by atoms with E-state index in [1.807, 2.05) is 0 Å². The van der Waals surface area contributed by atoms with Gasteiger partial charge in [0.1, 0.15) is 17.9 Å². The second kappa shape index (κ2) is 16.6. The van der Waals surface area contributed by atoms with Gasteiger partial charge in [-0.1, -0.05) is 0 Å². The maximum absolute atomic E-state index is 10.5. The average Bonchev–Trinajstić information content (AvgIpc) is 2.14. The second-order valence-electron chi connectivity index (χ2n) is 2.36. The van der Waals surface area contributed by atoms with E-state index in [2.05, 4.69) is 0 Å². The number of hydrogen-bond acceptors (Lipinski definition) is 6. The fourth-order valence-electron chi connectivity index (χ4n) is 0. The zero-order valence-electron chi connectivity index (χ0n) is 10.6. The predicted molar refractivity (Wildman–Crippen MR) is 44.0 cm³/mol. The number of carbonyl (C=O) groups excluding carboxylic acids is 3. The molecular weight excluding hydrogens is 560 g/mol. The Hall–Kier alpha value is -0.821. The molecule has 0 aromatic heterocycles. The molecule has 0 spiro atoms. The number of carboxylic acids is 3. The zero-order chi connectivity index (χ0) is 18.2. The summed E-state index contributed by atoms with van der Waals surface area (Å²) in [5.41, 5.74) is 0. The van der Waals surface area contributed by atoms with Crippen molar-refractivity contribution >= 4 is 17.9 Å². The van der Waals surface area contributed by atoms with E-state index < -0.39 is 36.4 Å². The van der Waals surface area contributed by atoms with Gasteiger partial charge in [0.2, 0.25) is 0 Å². The van der Waals surface area contributed by atoms with Crippen LogP contribution in [0.1, 0.15) is 0 Å². The number of rotatable bonds is 0. The molecule has 0 atom stereocenters. The van der Waals surface area contributed by atoms with Crippen molar-refractivity contribution < 1.29 is 133 Å². The monoisotopic (exact) mass is 567 g/mol. The quantitative estimate of drug-likeness (QED) is 0.263. The van der Waals surface area contributed by atoms with E-state index in [0.29, 0.717) is 0 Å². The molecule has 0 aliphatic rings. The molecule has 161 valence electrons. The van der Waals surface area contributed by atoms with Crippen LogP contribution in [-0.2, 0) is 14.4 Å². The Balaban J connectivity index is -0.0000000360. The summed E-state index contributed by atoms with van der Waals surface area (Å²) in [6, 6.07) is 0. The molecule has 0 aliphatic heterocycles. The largest absolute Gasteiger partial charge is 3.00 e. The van der Waals surface area contributed by atoms with Gasteiger partial charge in [0.15, 0.2) is 0 Å². The molecule has 0 rings (SSSR count). The number of carboxylic acid groups (broad SMARTS) is 3. The van der Waals surface area contributed by atoms with E-state index in [1.165, 1.54) is 0 Å². The SMILES string of the molecule is O.O.O.O=C([O-])C(F)(F)F.O=C([O-])C(F)(F)F.O=C([O-])C(F)(F)F.[Yb+3]. The van der Waals surface area contributed by atoms with Gasteiger partial charge in [-0.25, -0.2) is 0 Å². The van der Waals surface area contributed by atoms with Gasteiger partial charge in [0.25, 0.3) is 0 Å². The van der Waals surface area contributed by atoms with Crippen molar-refractivity contribution in [3.05, 3.63) is 0 Å². The summed E-state index contributed by atoms with van der Waals surface area (Å²) in [4.78, 5) is 26.4. The van der Waals surface area contributed by atoms with Gasteiger partial charge in [-0.2, -0.15) is 39.5 Å². The predicted octanol–water partition coefficient (Wildman–Crippen LogP) is -4.58.